The van der Waals surface area contributed by atoms with E-state index in [0.29, 0.717) is 21.5 Å². The third kappa shape index (κ3) is 3.21. The Kier molecular flexibility index (Phi) is 4.74. The normalized spacial score (nSPS) is 12.2. The number of aryl methyl sites for hydroxylation is 2. The molecule has 6 aromatic rings. The smallest absolute Gasteiger partial charge is 0.197 e. The molecule has 0 aliphatic carbocycles. The van der Waals surface area contributed by atoms with Crippen LogP contribution in [0.5, 0.6) is 0 Å². The van der Waals surface area contributed by atoms with Gasteiger partial charge in [-0.2, -0.15) is 0 Å². The molecule has 0 aliphatic rings. The molecule has 4 aromatic carbocycles. The van der Waals surface area contributed by atoms with Crippen molar-refractivity contribution in [2.75, 3.05) is 0 Å². The molecule has 0 unspecified atom stereocenters. The first kappa shape index (κ1) is 22.3. The maximum atomic E-state index is 13.7. The highest BCUT2D eigenvalue weighted by molar-refractivity contribution is 6.04. The third-order valence-electron chi connectivity index (χ3n) is 7.51. The van der Waals surface area contributed by atoms with Crippen LogP contribution in [0.1, 0.15) is 26.3 Å². The van der Waals surface area contributed by atoms with Gasteiger partial charge < -0.3 is 9.13 Å². The number of fused-ring (bicyclic) bond motifs is 4. The van der Waals surface area contributed by atoms with Crippen molar-refractivity contribution in [1.29, 1.82) is 0 Å². The number of rotatable bonds is 1. The van der Waals surface area contributed by atoms with Crippen molar-refractivity contribution in [3.05, 3.63) is 105 Å². The van der Waals surface area contributed by atoms with Gasteiger partial charge in [-0.05, 0) is 58.5 Å². The number of hydrogen-bond donors (Lipinski definition) is 0. The molecule has 0 saturated heterocycles. The molecule has 0 spiro atoms. The lowest BCUT2D eigenvalue weighted by molar-refractivity contribution is 0.591. The van der Waals surface area contributed by atoms with E-state index in [1.54, 1.807) is 0 Å². The Morgan fingerprint density at radius 3 is 1.58 bits per heavy atom. The molecule has 0 bridgehead atoms. The first-order valence-corrected chi connectivity index (χ1v) is 12.2. The second kappa shape index (κ2) is 7.66. The highest BCUT2D eigenvalue weighted by Gasteiger charge is 2.18. The Balaban J connectivity index is 1.71. The molecular formula is C32H28N2O2. The van der Waals surface area contributed by atoms with Crippen LogP contribution in [0.2, 0.25) is 0 Å². The zero-order valence-electron chi connectivity index (χ0n) is 21.2. The van der Waals surface area contributed by atoms with E-state index in [1.165, 1.54) is 5.56 Å². The van der Waals surface area contributed by atoms with Crippen LogP contribution < -0.4 is 10.9 Å². The number of aromatic nitrogens is 2. The lowest BCUT2D eigenvalue weighted by Gasteiger charge is -2.21. The highest BCUT2D eigenvalue weighted by Crippen LogP contribution is 2.30. The van der Waals surface area contributed by atoms with Gasteiger partial charge in [-0.15, -0.1) is 0 Å². The largest absolute Gasteiger partial charge is 0.343 e. The van der Waals surface area contributed by atoms with Gasteiger partial charge in [0.1, 0.15) is 0 Å². The Labute approximate surface area is 209 Å². The van der Waals surface area contributed by atoms with Crippen LogP contribution >= 0.6 is 0 Å². The van der Waals surface area contributed by atoms with E-state index < -0.39 is 0 Å². The van der Waals surface area contributed by atoms with Crippen molar-refractivity contribution < 1.29 is 0 Å². The lowest BCUT2D eigenvalue weighted by Crippen LogP contribution is -2.15. The Hall–Kier alpha value is -4.18. The monoisotopic (exact) mass is 472 g/mol. The van der Waals surface area contributed by atoms with Crippen molar-refractivity contribution >= 4 is 43.6 Å². The molecule has 2 heterocycles. The fourth-order valence-electron chi connectivity index (χ4n) is 5.32. The van der Waals surface area contributed by atoms with Gasteiger partial charge in [-0.1, -0.05) is 63.2 Å². The van der Waals surface area contributed by atoms with E-state index in [-0.39, 0.29) is 16.3 Å². The summed E-state index contributed by atoms with van der Waals surface area (Å²) in [7, 11) is 3.94. The SMILES string of the molecule is Cn1c2cc(-c3ccccc3)ccc2c(=O)c2cc3c(cc21)c(=O)c1ccc(C(C)(C)C)cc1n3C. The summed E-state index contributed by atoms with van der Waals surface area (Å²) in [4.78, 5) is 27.3. The van der Waals surface area contributed by atoms with Crippen molar-refractivity contribution in [2.45, 2.75) is 26.2 Å². The van der Waals surface area contributed by atoms with Crippen LogP contribution in [-0.2, 0) is 19.5 Å². The molecule has 0 atom stereocenters. The predicted octanol–water partition coefficient (Wildman–Crippen LogP) is 6.66. The summed E-state index contributed by atoms with van der Waals surface area (Å²) in [5.41, 5.74) is 6.51. The van der Waals surface area contributed by atoms with Crippen molar-refractivity contribution in [3.8, 4) is 11.1 Å². The molecule has 178 valence electrons. The summed E-state index contributed by atoms with van der Waals surface area (Å²) in [6.45, 7) is 6.50. The van der Waals surface area contributed by atoms with E-state index in [9.17, 15) is 9.59 Å². The summed E-state index contributed by atoms with van der Waals surface area (Å²) < 4.78 is 4.08. The van der Waals surface area contributed by atoms with Gasteiger partial charge in [-0.3, -0.25) is 9.59 Å². The second-order valence-corrected chi connectivity index (χ2v) is 10.7. The highest BCUT2D eigenvalue weighted by atomic mass is 16.1. The van der Waals surface area contributed by atoms with Crippen molar-refractivity contribution in [3.63, 3.8) is 0 Å². The standard InChI is InChI=1S/C32H28N2O2/c1-32(2,3)21-12-14-23-27(16-21)34(5)29-18-24-28(17-25(29)31(23)36)33(4)26-15-20(11-13-22(26)30(24)35)19-9-7-6-8-10-19/h6-18H,1-5H3. The van der Waals surface area contributed by atoms with Crippen LogP contribution in [0.15, 0.2) is 88.5 Å². The average molecular weight is 473 g/mol. The molecule has 4 nitrogen and oxygen atoms in total. The molecule has 0 fully saturated rings. The summed E-state index contributed by atoms with van der Waals surface area (Å²) in [6, 6.07) is 26.0. The topological polar surface area (TPSA) is 44.0 Å². The van der Waals surface area contributed by atoms with E-state index in [1.807, 2.05) is 77.8 Å². The fourth-order valence-corrected chi connectivity index (χ4v) is 5.32. The van der Waals surface area contributed by atoms with Crippen LogP contribution in [0.25, 0.3) is 54.7 Å². The van der Waals surface area contributed by atoms with E-state index >= 15 is 0 Å². The molecule has 0 aliphatic heterocycles. The van der Waals surface area contributed by atoms with E-state index in [2.05, 4.69) is 45.0 Å². The molecule has 0 amide bonds. The van der Waals surface area contributed by atoms with Gasteiger partial charge in [0.2, 0.25) is 0 Å². The van der Waals surface area contributed by atoms with Crippen LogP contribution in [-0.4, -0.2) is 9.13 Å². The second-order valence-electron chi connectivity index (χ2n) is 10.7. The van der Waals surface area contributed by atoms with E-state index in [0.717, 1.165) is 33.2 Å². The van der Waals surface area contributed by atoms with Gasteiger partial charge in [0.25, 0.3) is 0 Å². The molecule has 0 N–H and O–H groups in total. The van der Waals surface area contributed by atoms with Gasteiger partial charge in [0.05, 0.1) is 22.1 Å². The Bertz CT molecular complexity index is 1970. The molecule has 4 heteroatoms. The van der Waals surface area contributed by atoms with E-state index in [4.69, 9.17) is 0 Å². The molecule has 36 heavy (non-hydrogen) atoms. The lowest BCUT2D eigenvalue weighted by atomic mass is 9.86. The average Bonchev–Trinajstić information content (AvgIpc) is 2.89. The van der Waals surface area contributed by atoms with Gasteiger partial charge >= 0.3 is 0 Å². The summed E-state index contributed by atoms with van der Waals surface area (Å²) in [5.74, 6) is 0. The summed E-state index contributed by atoms with van der Waals surface area (Å²) in [5, 5.41) is 2.60. The minimum Gasteiger partial charge on any atom is -0.343 e. The number of nitrogens with zero attached hydrogens (tertiary/aromatic N) is 2. The number of pyridine rings is 2. The first-order valence-electron chi connectivity index (χ1n) is 12.2. The maximum Gasteiger partial charge on any atom is 0.197 e. The molecule has 0 saturated carbocycles. The molecule has 2 aromatic heterocycles. The quantitative estimate of drug-likeness (QED) is 0.251. The summed E-state index contributed by atoms with van der Waals surface area (Å²) in [6.07, 6.45) is 0. The minimum absolute atomic E-state index is 0.00830. The Morgan fingerprint density at radius 2 is 1.03 bits per heavy atom. The Morgan fingerprint density at radius 1 is 0.528 bits per heavy atom. The number of hydrogen-bond acceptors (Lipinski definition) is 2. The fraction of sp³-hybridized carbons (Fsp3) is 0.188. The van der Waals surface area contributed by atoms with Gasteiger partial charge in [0, 0.05) is 35.6 Å². The van der Waals surface area contributed by atoms with Crippen LogP contribution in [0.3, 0.4) is 0 Å². The van der Waals surface area contributed by atoms with Gasteiger partial charge in [-0.25, -0.2) is 0 Å². The van der Waals surface area contributed by atoms with Crippen molar-refractivity contribution in [1.82, 2.24) is 9.13 Å². The zero-order valence-corrected chi connectivity index (χ0v) is 21.2. The van der Waals surface area contributed by atoms with Crippen molar-refractivity contribution in [2.24, 2.45) is 14.1 Å². The number of benzene rings is 4. The first-order chi connectivity index (χ1) is 17.1. The third-order valence-corrected chi connectivity index (χ3v) is 7.51. The minimum atomic E-state index is -0.0317. The summed E-state index contributed by atoms with van der Waals surface area (Å²) >= 11 is 0. The molecule has 6 rings (SSSR count). The van der Waals surface area contributed by atoms with Crippen LogP contribution in [0.4, 0.5) is 0 Å². The van der Waals surface area contributed by atoms with Crippen LogP contribution in [0, 0.1) is 0 Å². The van der Waals surface area contributed by atoms with Gasteiger partial charge in [0.15, 0.2) is 10.9 Å². The maximum absolute atomic E-state index is 13.7. The molecular weight excluding hydrogens is 444 g/mol. The predicted molar refractivity (Wildman–Crippen MR) is 151 cm³/mol. The zero-order chi connectivity index (χ0) is 25.4. The molecule has 0 radical (unpaired) electrons.